The maximum Gasteiger partial charge on any atom is 0.184 e. The average Bonchev–Trinajstić information content (AvgIpc) is 2.38. The quantitative estimate of drug-likeness (QED) is 0.315. The fraction of sp³-hybridized carbons (Fsp3) is 0.385. The van der Waals surface area contributed by atoms with E-state index >= 15 is 0 Å². The van der Waals surface area contributed by atoms with Crippen LogP contribution in [0.4, 0.5) is 0 Å². The lowest BCUT2D eigenvalue weighted by Crippen LogP contribution is -2.24. The first-order chi connectivity index (χ1) is 9.58. The smallest absolute Gasteiger partial charge is 0.184 e. The Morgan fingerprint density at radius 1 is 1.45 bits per heavy atom. The lowest BCUT2D eigenvalue weighted by atomic mass is 10.2. The van der Waals surface area contributed by atoms with E-state index in [0.29, 0.717) is 19.0 Å². The molecule has 5 nitrogen and oxygen atoms in total. The number of nitrogens with two attached hydrogens (primary N) is 1. The maximum atomic E-state index is 5.73. The van der Waals surface area contributed by atoms with Gasteiger partial charge in [-0.15, -0.1) is 0 Å². The van der Waals surface area contributed by atoms with Gasteiger partial charge in [0, 0.05) is 0 Å². The monoisotopic (exact) mass is 407 g/mol. The summed E-state index contributed by atoms with van der Waals surface area (Å²) < 4.78 is 12.3. The van der Waals surface area contributed by atoms with Crippen molar-refractivity contribution in [3.63, 3.8) is 0 Å². The number of hydrogen-bond acceptors (Lipinski definition) is 4. The van der Waals surface area contributed by atoms with Crippen LogP contribution < -0.4 is 20.6 Å². The molecule has 0 spiro atoms. The predicted molar refractivity (Wildman–Crippen MR) is 93.6 cm³/mol. The molecule has 110 valence electrons. The molecule has 0 heterocycles. The van der Waals surface area contributed by atoms with Gasteiger partial charge in [0.2, 0.25) is 0 Å². The molecular weight excluding hydrogens is 389 g/mol. The third-order valence-corrected chi connectivity index (χ3v) is 3.06. The van der Waals surface area contributed by atoms with E-state index in [1.807, 2.05) is 19.1 Å². The van der Waals surface area contributed by atoms with Crippen molar-refractivity contribution < 1.29 is 9.47 Å². The number of hydrazone groups is 1. The summed E-state index contributed by atoms with van der Waals surface area (Å²) in [4.78, 5) is 0. The Kier molecular flexibility index (Phi) is 7.60. The lowest BCUT2D eigenvalue weighted by Gasteiger charge is -2.14. The zero-order chi connectivity index (χ0) is 15.0. The van der Waals surface area contributed by atoms with Crippen LogP contribution in [-0.2, 0) is 0 Å². The zero-order valence-corrected chi connectivity index (χ0v) is 14.5. The number of nitrogens with one attached hydrogen (secondary N) is 1. The van der Waals surface area contributed by atoms with Crippen molar-refractivity contribution in [2.45, 2.75) is 20.3 Å². The van der Waals surface area contributed by atoms with Gasteiger partial charge in [0.1, 0.15) is 0 Å². The first kappa shape index (κ1) is 17.0. The number of halogens is 1. The SMILES string of the molecule is CCCOc1c(I)cc(/C=N\NC(N)=S)cc1OCC. The van der Waals surface area contributed by atoms with E-state index in [-0.39, 0.29) is 5.11 Å². The highest BCUT2D eigenvalue weighted by Crippen LogP contribution is 2.34. The van der Waals surface area contributed by atoms with Crippen molar-refractivity contribution in [3.05, 3.63) is 21.3 Å². The molecule has 0 bridgehead atoms. The molecule has 0 unspecified atom stereocenters. The van der Waals surface area contributed by atoms with Gasteiger partial charge < -0.3 is 15.2 Å². The molecule has 0 fully saturated rings. The Morgan fingerprint density at radius 2 is 2.20 bits per heavy atom. The van der Waals surface area contributed by atoms with E-state index in [1.165, 1.54) is 0 Å². The molecule has 0 aromatic heterocycles. The Bertz CT molecular complexity index is 495. The topological polar surface area (TPSA) is 68.9 Å². The highest BCUT2D eigenvalue weighted by molar-refractivity contribution is 14.1. The van der Waals surface area contributed by atoms with Crippen molar-refractivity contribution in [2.75, 3.05) is 13.2 Å². The average molecular weight is 407 g/mol. The molecule has 0 saturated heterocycles. The van der Waals surface area contributed by atoms with Crippen LogP contribution in [0.2, 0.25) is 0 Å². The van der Waals surface area contributed by atoms with Crippen LogP contribution in [0.1, 0.15) is 25.8 Å². The number of nitrogens with zero attached hydrogens (tertiary/aromatic N) is 1. The zero-order valence-electron chi connectivity index (χ0n) is 11.5. The second kappa shape index (κ2) is 8.96. The van der Waals surface area contributed by atoms with Gasteiger partial charge >= 0.3 is 0 Å². The molecule has 0 aliphatic heterocycles. The van der Waals surface area contributed by atoms with Gasteiger partial charge in [-0.25, -0.2) is 0 Å². The van der Waals surface area contributed by atoms with E-state index in [4.69, 9.17) is 15.2 Å². The van der Waals surface area contributed by atoms with Crippen molar-refractivity contribution in [3.8, 4) is 11.5 Å². The van der Waals surface area contributed by atoms with Gasteiger partial charge in [0.05, 0.1) is 23.0 Å². The second-order valence-electron chi connectivity index (χ2n) is 3.85. The summed E-state index contributed by atoms with van der Waals surface area (Å²) in [5, 5.41) is 4.06. The Labute approximate surface area is 138 Å². The van der Waals surface area contributed by atoms with Gasteiger partial charge in [-0.3, -0.25) is 5.43 Å². The number of thiocarbonyl (C=S) groups is 1. The van der Waals surface area contributed by atoms with Gasteiger partial charge in [-0.05, 0) is 65.8 Å². The predicted octanol–water partition coefficient (Wildman–Crippen LogP) is 2.65. The van der Waals surface area contributed by atoms with Crippen LogP contribution >= 0.6 is 34.8 Å². The first-order valence-corrected chi connectivity index (χ1v) is 7.74. The van der Waals surface area contributed by atoms with Crippen LogP contribution in [-0.4, -0.2) is 24.5 Å². The normalized spacial score (nSPS) is 10.6. The summed E-state index contributed by atoms with van der Waals surface area (Å²) in [7, 11) is 0. The molecule has 0 amide bonds. The van der Waals surface area contributed by atoms with E-state index in [1.54, 1.807) is 6.21 Å². The molecule has 1 aromatic rings. The van der Waals surface area contributed by atoms with Crippen molar-refractivity contribution >= 4 is 46.1 Å². The summed E-state index contributed by atoms with van der Waals surface area (Å²) in [5.41, 5.74) is 8.70. The van der Waals surface area contributed by atoms with Crippen LogP contribution in [0.25, 0.3) is 0 Å². The summed E-state index contributed by atoms with van der Waals surface area (Å²) in [6, 6.07) is 3.83. The Hall–Kier alpha value is -1.09. The molecular formula is C13H18IN3O2S. The summed E-state index contributed by atoms with van der Waals surface area (Å²) in [6.07, 6.45) is 2.58. The van der Waals surface area contributed by atoms with E-state index < -0.39 is 0 Å². The highest BCUT2D eigenvalue weighted by Gasteiger charge is 2.11. The molecule has 1 rings (SSSR count). The highest BCUT2D eigenvalue weighted by atomic mass is 127. The molecule has 0 saturated carbocycles. The fourth-order valence-electron chi connectivity index (χ4n) is 1.44. The fourth-order valence-corrected chi connectivity index (χ4v) is 2.27. The van der Waals surface area contributed by atoms with E-state index in [0.717, 1.165) is 21.3 Å². The second-order valence-corrected chi connectivity index (χ2v) is 5.45. The van der Waals surface area contributed by atoms with Gasteiger partial charge in [0.15, 0.2) is 16.6 Å². The minimum Gasteiger partial charge on any atom is -0.490 e. The maximum absolute atomic E-state index is 5.73. The third kappa shape index (κ3) is 5.49. The minimum absolute atomic E-state index is 0.129. The van der Waals surface area contributed by atoms with Gasteiger partial charge in [-0.2, -0.15) is 5.10 Å². The van der Waals surface area contributed by atoms with Crippen LogP contribution in [0, 0.1) is 3.57 Å². The van der Waals surface area contributed by atoms with Crippen LogP contribution in [0.3, 0.4) is 0 Å². The molecule has 0 radical (unpaired) electrons. The van der Waals surface area contributed by atoms with Crippen molar-refractivity contribution in [2.24, 2.45) is 10.8 Å². The van der Waals surface area contributed by atoms with Crippen molar-refractivity contribution in [1.29, 1.82) is 0 Å². The number of rotatable bonds is 7. The summed E-state index contributed by atoms with van der Waals surface area (Å²) >= 11 is 6.90. The molecule has 7 heteroatoms. The first-order valence-electron chi connectivity index (χ1n) is 6.26. The Morgan fingerprint density at radius 3 is 2.80 bits per heavy atom. The third-order valence-electron chi connectivity index (χ3n) is 2.17. The van der Waals surface area contributed by atoms with Gasteiger partial charge in [0.25, 0.3) is 0 Å². The number of hydrogen-bond donors (Lipinski definition) is 2. The number of ether oxygens (including phenoxy) is 2. The standard InChI is InChI=1S/C13H18IN3O2S/c1-3-5-19-12-10(14)6-9(7-11(12)18-4-2)8-16-17-13(15)20/h6-8H,3-5H2,1-2H3,(H3,15,17,20)/b16-8-. The largest absolute Gasteiger partial charge is 0.490 e. The minimum atomic E-state index is 0.129. The Balaban J connectivity index is 2.99. The lowest BCUT2D eigenvalue weighted by molar-refractivity contribution is 0.275. The summed E-state index contributed by atoms with van der Waals surface area (Å²) in [6.45, 7) is 5.23. The van der Waals surface area contributed by atoms with Crippen molar-refractivity contribution in [1.82, 2.24) is 5.43 Å². The van der Waals surface area contributed by atoms with E-state index in [9.17, 15) is 0 Å². The van der Waals surface area contributed by atoms with Crippen LogP contribution in [0.15, 0.2) is 17.2 Å². The molecule has 3 N–H and O–H groups in total. The number of benzene rings is 1. The van der Waals surface area contributed by atoms with Gasteiger partial charge in [-0.1, -0.05) is 6.92 Å². The molecule has 0 atom stereocenters. The molecule has 0 aliphatic carbocycles. The van der Waals surface area contributed by atoms with E-state index in [2.05, 4.69) is 52.3 Å². The molecule has 0 aliphatic rings. The van der Waals surface area contributed by atoms with Crippen LogP contribution in [0.5, 0.6) is 11.5 Å². The summed E-state index contributed by atoms with van der Waals surface area (Å²) in [5.74, 6) is 1.48. The molecule has 1 aromatic carbocycles. The molecule has 20 heavy (non-hydrogen) atoms.